The van der Waals surface area contributed by atoms with Crippen LogP contribution in [0.4, 0.5) is 0 Å². The van der Waals surface area contributed by atoms with Crippen LogP contribution in [-0.2, 0) is 3.79 Å². The van der Waals surface area contributed by atoms with Crippen LogP contribution < -0.4 is 5.73 Å². The minimum atomic E-state index is -1.58. The molecular weight excluding hydrogens is 244 g/mol. The summed E-state index contributed by atoms with van der Waals surface area (Å²) in [7, 11) is 0. The van der Waals surface area contributed by atoms with Gasteiger partial charge in [0.25, 0.3) is 0 Å². The van der Waals surface area contributed by atoms with Gasteiger partial charge in [-0.15, -0.1) is 0 Å². The quantitative estimate of drug-likeness (QED) is 0.784. The molecule has 14 heavy (non-hydrogen) atoms. The summed E-state index contributed by atoms with van der Waals surface area (Å²) in [6, 6.07) is -0.126. The van der Waals surface area contributed by atoms with Crippen LogP contribution >= 0.6 is 34.8 Å². The highest BCUT2D eigenvalue weighted by molar-refractivity contribution is 6.66. The summed E-state index contributed by atoms with van der Waals surface area (Å²) in [5, 5.41) is 0. The lowest BCUT2D eigenvalue weighted by Crippen LogP contribution is -2.13. The molecule has 0 bridgehead atoms. The number of nitrogens with two attached hydrogens (primary N) is 1. The van der Waals surface area contributed by atoms with Gasteiger partial charge in [0, 0.05) is 23.5 Å². The highest BCUT2D eigenvalue weighted by Crippen LogP contribution is 2.35. The summed E-state index contributed by atoms with van der Waals surface area (Å²) < 4.78 is -1.58. The molecule has 1 atom stereocenters. The van der Waals surface area contributed by atoms with Gasteiger partial charge >= 0.3 is 0 Å². The number of hydrogen-bond donors (Lipinski definition) is 1. The Bertz CT molecular complexity index is 333. The zero-order chi connectivity index (χ0) is 10.9. The summed E-state index contributed by atoms with van der Waals surface area (Å²) in [6.45, 7) is 3.65. The predicted molar refractivity (Wildman–Crippen MR) is 58.6 cm³/mol. The monoisotopic (exact) mass is 253 g/mol. The van der Waals surface area contributed by atoms with Crippen LogP contribution in [0.15, 0.2) is 6.20 Å². The lowest BCUT2D eigenvalue weighted by Gasteiger charge is -2.13. The minimum absolute atomic E-state index is 0.126. The summed E-state index contributed by atoms with van der Waals surface area (Å²) in [4.78, 5) is 8.02. The van der Waals surface area contributed by atoms with E-state index in [1.165, 1.54) is 0 Å². The normalized spacial score (nSPS) is 14.1. The first-order valence-corrected chi connectivity index (χ1v) is 5.12. The maximum Gasteiger partial charge on any atom is 0.250 e. The summed E-state index contributed by atoms with van der Waals surface area (Å²) in [6.07, 6.45) is 1.59. The van der Waals surface area contributed by atoms with Crippen LogP contribution in [0.2, 0.25) is 0 Å². The highest BCUT2D eigenvalue weighted by Gasteiger charge is 2.27. The second-order valence-corrected chi connectivity index (χ2v) is 5.30. The number of aryl methyl sites for hydroxylation is 1. The molecule has 2 N–H and O–H groups in total. The Morgan fingerprint density at radius 1 is 1.43 bits per heavy atom. The van der Waals surface area contributed by atoms with Crippen LogP contribution in [0.1, 0.15) is 30.0 Å². The van der Waals surface area contributed by atoms with Crippen LogP contribution in [0.25, 0.3) is 0 Å². The molecular formula is C8H10Cl3N3. The van der Waals surface area contributed by atoms with E-state index in [1.807, 2.05) is 6.92 Å². The molecule has 0 aliphatic rings. The van der Waals surface area contributed by atoms with E-state index >= 15 is 0 Å². The molecule has 0 fully saturated rings. The molecule has 0 saturated carbocycles. The molecule has 1 aromatic heterocycles. The first kappa shape index (κ1) is 12.0. The molecule has 0 amide bonds. The van der Waals surface area contributed by atoms with Gasteiger partial charge in [-0.3, -0.25) is 0 Å². The van der Waals surface area contributed by atoms with Gasteiger partial charge in [-0.1, -0.05) is 34.8 Å². The van der Waals surface area contributed by atoms with Crippen LogP contribution in [0.3, 0.4) is 0 Å². The third kappa shape index (κ3) is 2.70. The van der Waals surface area contributed by atoms with Gasteiger partial charge in [0.2, 0.25) is 3.79 Å². The van der Waals surface area contributed by atoms with Crippen molar-refractivity contribution in [3.8, 4) is 0 Å². The fraction of sp³-hybridized carbons (Fsp3) is 0.500. The van der Waals surface area contributed by atoms with E-state index in [2.05, 4.69) is 9.97 Å². The molecule has 0 saturated heterocycles. The van der Waals surface area contributed by atoms with Crippen molar-refractivity contribution in [2.45, 2.75) is 23.7 Å². The Balaban J connectivity index is 3.13. The predicted octanol–water partition coefficient (Wildman–Crippen LogP) is 2.63. The van der Waals surface area contributed by atoms with Crippen molar-refractivity contribution in [2.75, 3.05) is 0 Å². The SMILES string of the molecule is Cc1nc(C(Cl)(Cl)Cl)ncc1[C@H](C)N. The Morgan fingerprint density at radius 2 is 2.00 bits per heavy atom. The molecule has 6 heteroatoms. The molecule has 0 aliphatic heterocycles. The number of rotatable bonds is 1. The smallest absolute Gasteiger partial charge is 0.250 e. The summed E-state index contributed by atoms with van der Waals surface area (Å²) >= 11 is 16.9. The van der Waals surface area contributed by atoms with Crippen LogP contribution in [0, 0.1) is 6.92 Å². The average molecular weight is 255 g/mol. The molecule has 78 valence electrons. The number of aromatic nitrogens is 2. The second kappa shape index (κ2) is 4.19. The van der Waals surface area contributed by atoms with Crippen molar-refractivity contribution < 1.29 is 0 Å². The summed E-state index contributed by atoms with van der Waals surface area (Å²) in [5.74, 6) is 0.171. The zero-order valence-corrected chi connectivity index (χ0v) is 10.0. The van der Waals surface area contributed by atoms with Crippen molar-refractivity contribution in [3.05, 3.63) is 23.3 Å². The largest absolute Gasteiger partial charge is 0.324 e. The van der Waals surface area contributed by atoms with Gasteiger partial charge in [-0.05, 0) is 13.8 Å². The van der Waals surface area contributed by atoms with Crippen molar-refractivity contribution in [2.24, 2.45) is 5.73 Å². The standard InChI is InChI=1S/C8H10Cl3N3/c1-4(12)6-3-13-7(8(9,10)11)14-5(6)2/h3-4H,12H2,1-2H3/t4-/m0/s1. The van der Waals surface area contributed by atoms with E-state index < -0.39 is 3.79 Å². The van der Waals surface area contributed by atoms with Gasteiger partial charge < -0.3 is 5.73 Å². The highest BCUT2D eigenvalue weighted by atomic mass is 35.6. The zero-order valence-electron chi connectivity index (χ0n) is 7.76. The number of halogens is 3. The van der Waals surface area contributed by atoms with E-state index in [0.717, 1.165) is 11.3 Å². The number of hydrogen-bond acceptors (Lipinski definition) is 3. The van der Waals surface area contributed by atoms with Gasteiger partial charge in [-0.2, -0.15) is 0 Å². The van der Waals surface area contributed by atoms with Crippen LogP contribution in [-0.4, -0.2) is 9.97 Å². The van der Waals surface area contributed by atoms with Crippen molar-refractivity contribution >= 4 is 34.8 Å². The fourth-order valence-corrected chi connectivity index (χ4v) is 1.33. The third-order valence-electron chi connectivity index (χ3n) is 1.76. The summed E-state index contributed by atoms with van der Waals surface area (Å²) in [5.41, 5.74) is 7.28. The van der Waals surface area contributed by atoms with Crippen LogP contribution in [0.5, 0.6) is 0 Å². The topological polar surface area (TPSA) is 51.8 Å². The molecule has 0 aliphatic carbocycles. The van der Waals surface area contributed by atoms with E-state index in [1.54, 1.807) is 13.1 Å². The molecule has 0 radical (unpaired) electrons. The fourth-order valence-electron chi connectivity index (χ4n) is 1.06. The second-order valence-electron chi connectivity index (χ2n) is 3.02. The lowest BCUT2D eigenvalue weighted by molar-refractivity contribution is 0.776. The first-order valence-electron chi connectivity index (χ1n) is 3.98. The molecule has 0 spiro atoms. The van der Waals surface area contributed by atoms with Gasteiger partial charge in [0.05, 0.1) is 0 Å². The van der Waals surface area contributed by atoms with Gasteiger partial charge in [0.1, 0.15) is 0 Å². The molecule has 0 unspecified atom stereocenters. The van der Waals surface area contributed by atoms with Crippen molar-refractivity contribution in [3.63, 3.8) is 0 Å². The molecule has 1 heterocycles. The Kier molecular flexibility index (Phi) is 3.58. The van der Waals surface area contributed by atoms with E-state index in [9.17, 15) is 0 Å². The lowest BCUT2D eigenvalue weighted by atomic mass is 10.1. The third-order valence-corrected chi connectivity index (χ3v) is 2.27. The molecule has 1 rings (SSSR count). The number of alkyl halides is 3. The Hall–Kier alpha value is -0.0900. The Labute approximate surface area is 97.6 Å². The number of nitrogens with zero attached hydrogens (tertiary/aromatic N) is 2. The molecule has 3 nitrogen and oxygen atoms in total. The first-order chi connectivity index (χ1) is 6.32. The maximum atomic E-state index is 5.69. The maximum absolute atomic E-state index is 5.69. The van der Waals surface area contributed by atoms with Crippen molar-refractivity contribution in [1.29, 1.82) is 0 Å². The van der Waals surface area contributed by atoms with Gasteiger partial charge in [-0.25, -0.2) is 9.97 Å². The molecule has 1 aromatic rings. The minimum Gasteiger partial charge on any atom is -0.324 e. The Morgan fingerprint density at radius 3 is 2.36 bits per heavy atom. The van der Waals surface area contributed by atoms with E-state index in [0.29, 0.717) is 0 Å². The average Bonchev–Trinajstić information content (AvgIpc) is 2.01. The van der Waals surface area contributed by atoms with Gasteiger partial charge in [0.15, 0.2) is 5.82 Å². The van der Waals surface area contributed by atoms with E-state index in [4.69, 9.17) is 40.5 Å². The molecule has 0 aromatic carbocycles. The van der Waals surface area contributed by atoms with E-state index in [-0.39, 0.29) is 11.9 Å². The van der Waals surface area contributed by atoms with Crippen molar-refractivity contribution in [1.82, 2.24) is 9.97 Å².